The minimum Gasteiger partial charge on any atom is -0.383 e. The van der Waals surface area contributed by atoms with Crippen molar-refractivity contribution < 1.29 is 0 Å². The number of aromatic nitrogens is 4. The molecular formula is C18H22N6. The van der Waals surface area contributed by atoms with Gasteiger partial charge < -0.3 is 11.1 Å². The first-order valence-corrected chi connectivity index (χ1v) is 8.32. The fourth-order valence-corrected chi connectivity index (χ4v) is 2.80. The molecule has 0 aliphatic heterocycles. The van der Waals surface area contributed by atoms with E-state index in [2.05, 4.69) is 36.2 Å². The lowest BCUT2D eigenvalue weighted by Crippen LogP contribution is -2.24. The van der Waals surface area contributed by atoms with Crippen molar-refractivity contribution in [2.75, 3.05) is 11.1 Å². The number of rotatable bonds is 3. The molecular weight excluding hydrogens is 300 g/mol. The number of nitrogens with two attached hydrogens (primary N) is 1. The normalized spacial score (nSPS) is 15.0. The Labute approximate surface area is 141 Å². The third-order valence-corrected chi connectivity index (χ3v) is 4.16. The molecule has 3 aromatic rings. The number of nitrogen functional groups attached to an aromatic ring is 1. The van der Waals surface area contributed by atoms with Crippen LogP contribution in [0.1, 0.15) is 33.6 Å². The lowest BCUT2D eigenvalue weighted by molar-refractivity contribution is 0.364. The predicted octanol–water partition coefficient (Wildman–Crippen LogP) is 3.40. The van der Waals surface area contributed by atoms with Crippen LogP contribution in [0.25, 0.3) is 22.3 Å². The molecule has 2 aromatic heterocycles. The summed E-state index contributed by atoms with van der Waals surface area (Å²) in [5.41, 5.74) is 8.69. The second-order valence-corrected chi connectivity index (χ2v) is 7.35. The molecule has 0 saturated heterocycles. The lowest BCUT2D eigenvalue weighted by atomic mass is 10.1. The molecule has 24 heavy (non-hydrogen) atoms. The molecule has 124 valence electrons. The van der Waals surface area contributed by atoms with Crippen molar-refractivity contribution in [2.24, 2.45) is 0 Å². The topological polar surface area (TPSA) is 81.7 Å². The Morgan fingerprint density at radius 2 is 1.83 bits per heavy atom. The zero-order chi connectivity index (χ0) is 16.9. The van der Waals surface area contributed by atoms with Crippen LogP contribution in [-0.2, 0) is 5.54 Å². The molecule has 0 bridgehead atoms. The largest absolute Gasteiger partial charge is 0.383 e. The van der Waals surface area contributed by atoms with Crippen molar-refractivity contribution in [1.82, 2.24) is 19.7 Å². The molecule has 3 N–H and O–H groups in total. The number of anilines is 2. The molecule has 2 heterocycles. The van der Waals surface area contributed by atoms with E-state index in [1.54, 1.807) is 0 Å². The summed E-state index contributed by atoms with van der Waals surface area (Å²) in [7, 11) is 0. The summed E-state index contributed by atoms with van der Waals surface area (Å²) < 4.78 is 1.83. The maximum atomic E-state index is 6.43. The quantitative estimate of drug-likeness (QED) is 0.772. The third-order valence-electron chi connectivity index (χ3n) is 4.16. The second kappa shape index (κ2) is 5.19. The van der Waals surface area contributed by atoms with Crippen molar-refractivity contribution in [3.05, 3.63) is 30.3 Å². The Hall–Kier alpha value is -2.63. The van der Waals surface area contributed by atoms with Crippen LogP contribution in [-0.4, -0.2) is 25.8 Å². The van der Waals surface area contributed by atoms with E-state index in [1.165, 1.54) is 12.8 Å². The van der Waals surface area contributed by atoms with Crippen molar-refractivity contribution >= 4 is 22.8 Å². The fraction of sp³-hybridized carbons (Fsp3) is 0.389. The monoisotopic (exact) mass is 322 g/mol. The Morgan fingerprint density at radius 1 is 1.12 bits per heavy atom. The highest BCUT2D eigenvalue weighted by atomic mass is 15.4. The van der Waals surface area contributed by atoms with E-state index in [1.807, 2.05) is 35.0 Å². The molecule has 0 spiro atoms. The second-order valence-electron chi connectivity index (χ2n) is 7.35. The van der Waals surface area contributed by atoms with Gasteiger partial charge >= 0.3 is 0 Å². The minimum atomic E-state index is -0.219. The number of nitrogens with one attached hydrogen (secondary N) is 1. The van der Waals surface area contributed by atoms with E-state index < -0.39 is 0 Å². The maximum Gasteiger partial charge on any atom is 0.225 e. The van der Waals surface area contributed by atoms with Gasteiger partial charge in [0.05, 0.1) is 16.6 Å². The molecule has 1 fully saturated rings. The Bertz CT molecular complexity index is 887. The Balaban J connectivity index is 1.97. The maximum absolute atomic E-state index is 6.43. The number of fused-ring (bicyclic) bond motifs is 1. The number of benzene rings is 1. The molecule has 1 saturated carbocycles. The molecule has 0 unspecified atom stereocenters. The summed E-state index contributed by atoms with van der Waals surface area (Å²) in [4.78, 5) is 9.35. The van der Waals surface area contributed by atoms with Gasteiger partial charge in [0.15, 0.2) is 5.65 Å². The standard InChI is InChI=1S/C18H22N6/c1-18(2,3)24-15(19)13-14(11-7-5-4-6-8-11)21-17(20-12-9-10-12)22-16(13)23-24/h4-8,12H,9-10,19H2,1-3H3,(H,20,22,23). The van der Waals surface area contributed by atoms with Gasteiger partial charge in [0, 0.05) is 11.6 Å². The number of hydrogen-bond acceptors (Lipinski definition) is 5. The Morgan fingerprint density at radius 3 is 2.46 bits per heavy atom. The molecule has 1 aliphatic rings. The smallest absolute Gasteiger partial charge is 0.225 e. The van der Waals surface area contributed by atoms with Gasteiger partial charge in [-0.1, -0.05) is 30.3 Å². The van der Waals surface area contributed by atoms with Crippen LogP contribution in [0, 0.1) is 0 Å². The van der Waals surface area contributed by atoms with E-state index >= 15 is 0 Å². The van der Waals surface area contributed by atoms with Gasteiger partial charge in [-0.25, -0.2) is 9.67 Å². The molecule has 4 rings (SSSR count). The summed E-state index contributed by atoms with van der Waals surface area (Å²) >= 11 is 0. The molecule has 6 heteroatoms. The predicted molar refractivity (Wildman–Crippen MR) is 96.8 cm³/mol. The highest BCUT2D eigenvalue weighted by Gasteiger charge is 2.26. The lowest BCUT2D eigenvalue weighted by Gasteiger charge is -2.20. The van der Waals surface area contributed by atoms with Crippen LogP contribution >= 0.6 is 0 Å². The molecule has 1 aromatic carbocycles. The fourth-order valence-electron chi connectivity index (χ4n) is 2.80. The van der Waals surface area contributed by atoms with Crippen LogP contribution in [0.3, 0.4) is 0 Å². The van der Waals surface area contributed by atoms with E-state index in [9.17, 15) is 0 Å². The van der Waals surface area contributed by atoms with Crippen LogP contribution in [0.2, 0.25) is 0 Å². The zero-order valence-corrected chi connectivity index (χ0v) is 14.2. The molecule has 6 nitrogen and oxygen atoms in total. The zero-order valence-electron chi connectivity index (χ0n) is 14.2. The van der Waals surface area contributed by atoms with E-state index in [0.717, 1.165) is 16.6 Å². The van der Waals surface area contributed by atoms with Crippen LogP contribution < -0.4 is 11.1 Å². The van der Waals surface area contributed by atoms with Gasteiger partial charge in [0.1, 0.15) is 5.82 Å². The van der Waals surface area contributed by atoms with Crippen LogP contribution in [0.4, 0.5) is 11.8 Å². The summed E-state index contributed by atoms with van der Waals surface area (Å²) in [6.45, 7) is 6.23. The Kier molecular flexibility index (Phi) is 3.23. The highest BCUT2D eigenvalue weighted by molar-refractivity contribution is 5.99. The van der Waals surface area contributed by atoms with Gasteiger partial charge in [0.25, 0.3) is 0 Å². The van der Waals surface area contributed by atoms with E-state index in [4.69, 9.17) is 10.7 Å². The molecule has 0 atom stereocenters. The van der Waals surface area contributed by atoms with Crippen molar-refractivity contribution in [3.63, 3.8) is 0 Å². The molecule has 0 radical (unpaired) electrons. The average molecular weight is 322 g/mol. The van der Waals surface area contributed by atoms with Crippen molar-refractivity contribution in [2.45, 2.75) is 45.2 Å². The van der Waals surface area contributed by atoms with Gasteiger partial charge in [-0.05, 0) is 33.6 Å². The van der Waals surface area contributed by atoms with Gasteiger partial charge in [-0.2, -0.15) is 4.98 Å². The van der Waals surface area contributed by atoms with E-state index in [0.29, 0.717) is 23.5 Å². The van der Waals surface area contributed by atoms with Crippen LogP contribution in [0.15, 0.2) is 30.3 Å². The summed E-state index contributed by atoms with van der Waals surface area (Å²) in [5, 5.41) is 8.85. The van der Waals surface area contributed by atoms with Crippen molar-refractivity contribution in [3.8, 4) is 11.3 Å². The highest BCUT2D eigenvalue weighted by Crippen LogP contribution is 2.34. The van der Waals surface area contributed by atoms with Gasteiger partial charge in [-0.15, -0.1) is 5.10 Å². The number of nitrogens with zero attached hydrogens (tertiary/aromatic N) is 4. The van der Waals surface area contributed by atoms with E-state index in [-0.39, 0.29) is 5.54 Å². The summed E-state index contributed by atoms with van der Waals surface area (Å²) in [5.74, 6) is 1.23. The van der Waals surface area contributed by atoms with Gasteiger partial charge in [0.2, 0.25) is 5.95 Å². The minimum absolute atomic E-state index is 0.219. The first kappa shape index (κ1) is 14.9. The average Bonchev–Trinajstić information content (AvgIpc) is 3.28. The first-order valence-electron chi connectivity index (χ1n) is 8.32. The van der Waals surface area contributed by atoms with Crippen LogP contribution in [0.5, 0.6) is 0 Å². The van der Waals surface area contributed by atoms with Crippen molar-refractivity contribution in [1.29, 1.82) is 0 Å². The number of hydrogen-bond donors (Lipinski definition) is 2. The summed E-state index contributed by atoms with van der Waals surface area (Å²) in [6, 6.07) is 10.6. The molecule has 0 amide bonds. The molecule has 1 aliphatic carbocycles. The first-order chi connectivity index (χ1) is 11.4. The SMILES string of the molecule is CC(C)(C)n1nc2nc(NC3CC3)nc(-c3ccccc3)c2c1N. The summed E-state index contributed by atoms with van der Waals surface area (Å²) in [6.07, 6.45) is 2.33. The third kappa shape index (κ3) is 2.58. The van der Waals surface area contributed by atoms with Gasteiger partial charge in [-0.3, -0.25) is 0 Å².